The molecule has 31 heavy (non-hydrogen) atoms. The van der Waals surface area contributed by atoms with Crippen molar-refractivity contribution < 1.29 is 14.3 Å². The average Bonchev–Trinajstić information content (AvgIpc) is 3.20. The highest BCUT2D eigenvalue weighted by Gasteiger charge is 2.31. The number of hydrogen-bond acceptors (Lipinski definition) is 6. The number of amides is 2. The summed E-state index contributed by atoms with van der Waals surface area (Å²) < 4.78 is 6.60. The molecule has 0 fully saturated rings. The average molecular weight is 425 g/mol. The molecule has 0 aliphatic carbocycles. The highest BCUT2D eigenvalue weighted by Crippen LogP contribution is 2.22. The van der Waals surface area contributed by atoms with Gasteiger partial charge in [-0.2, -0.15) is 0 Å². The fourth-order valence-electron chi connectivity index (χ4n) is 3.36. The summed E-state index contributed by atoms with van der Waals surface area (Å²) in [5, 5.41) is 11.1. The number of unbranched alkanes of at least 4 members (excludes halogenated alkanes) is 1. The minimum absolute atomic E-state index is 0.00760. The van der Waals surface area contributed by atoms with E-state index in [4.69, 9.17) is 4.74 Å². The maximum absolute atomic E-state index is 13.4. The van der Waals surface area contributed by atoms with Gasteiger partial charge in [-0.25, -0.2) is 4.68 Å². The van der Waals surface area contributed by atoms with Crippen LogP contribution in [0, 0.1) is 0 Å². The molecule has 2 aromatic heterocycles. The van der Waals surface area contributed by atoms with Gasteiger partial charge in [0.15, 0.2) is 0 Å². The number of nitrogens with zero attached hydrogens (tertiary/aromatic N) is 5. The number of hydrogen-bond donors (Lipinski definition) is 1. The molecule has 1 aromatic carbocycles. The van der Waals surface area contributed by atoms with Gasteiger partial charge in [0.25, 0.3) is 0 Å². The topological polar surface area (TPSA) is 102 Å². The van der Waals surface area contributed by atoms with E-state index in [1.54, 1.807) is 35.2 Å². The number of fused-ring (bicyclic) bond motifs is 1. The Morgan fingerprint density at radius 3 is 2.81 bits per heavy atom. The largest absolute Gasteiger partial charge is 0.383 e. The number of carbonyl (C=O) groups excluding carboxylic acids is 2. The molecule has 0 bridgehead atoms. The van der Waals surface area contributed by atoms with Crippen molar-refractivity contribution in [2.24, 2.45) is 0 Å². The number of rotatable bonds is 11. The van der Waals surface area contributed by atoms with Gasteiger partial charge in [-0.3, -0.25) is 14.6 Å². The smallest absolute Gasteiger partial charge is 0.247 e. The van der Waals surface area contributed by atoms with Crippen molar-refractivity contribution in [3.8, 4) is 0 Å². The van der Waals surface area contributed by atoms with E-state index in [9.17, 15) is 9.59 Å². The van der Waals surface area contributed by atoms with Gasteiger partial charge in [-0.1, -0.05) is 36.8 Å². The fourth-order valence-corrected chi connectivity index (χ4v) is 3.36. The summed E-state index contributed by atoms with van der Waals surface area (Å²) in [6, 6.07) is 10.2. The van der Waals surface area contributed by atoms with Gasteiger partial charge in [0.2, 0.25) is 11.8 Å². The Labute approximate surface area is 181 Å². The van der Waals surface area contributed by atoms with E-state index in [0.717, 1.165) is 23.9 Å². The van der Waals surface area contributed by atoms with E-state index in [-0.39, 0.29) is 18.4 Å². The first-order valence-electron chi connectivity index (χ1n) is 10.4. The predicted octanol–water partition coefficient (Wildman–Crippen LogP) is 1.96. The summed E-state index contributed by atoms with van der Waals surface area (Å²) in [5.41, 5.74) is 2.15. The maximum atomic E-state index is 13.4. The molecule has 0 aliphatic heterocycles. The van der Waals surface area contributed by atoms with E-state index in [1.807, 2.05) is 37.3 Å². The Hall–Kier alpha value is -3.33. The van der Waals surface area contributed by atoms with Crippen molar-refractivity contribution in [1.29, 1.82) is 0 Å². The van der Waals surface area contributed by atoms with E-state index >= 15 is 0 Å². The van der Waals surface area contributed by atoms with Crippen molar-refractivity contribution >= 4 is 22.8 Å². The molecule has 1 atom stereocenters. The van der Waals surface area contributed by atoms with Crippen molar-refractivity contribution in [3.63, 3.8) is 0 Å². The molecule has 3 rings (SSSR count). The van der Waals surface area contributed by atoms with E-state index in [0.29, 0.717) is 25.3 Å². The molecular weight excluding hydrogens is 396 g/mol. The number of pyridine rings is 1. The second-order valence-corrected chi connectivity index (χ2v) is 7.15. The third-order valence-corrected chi connectivity index (χ3v) is 4.94. The van der Waals surface area contributed by atoms with Crippen LogP contribution in [0.3, 0.4) is 0 Å². The molecule has 0 saturated carbocycles. The van der Waals surface area contributed by atoms with Crippen molar-refractivity contribution in [2.75, 3.05) is 26.8 Å². The zero-order valence-corrected chi connectivity index (χ0v) is 17.9. The van der Waals surface area contributed by atoms with Gasteiger partial charge in [0.05, 0.1) is 12.1 Å². The Bertz CT molecular complexity index is 991. The summed E-state index contributed by atoms with van der Waals surface area (Å²) in [4.78, 5) is 32.3. The van der Waals surface area contributed by atoms with Crippen LogP contribution in [0.5, 0.6) is 0 Å². The second kappa shape index (κ2) is 11.2. The first kappa shape index (κ1) is 22.4. The van der Waals surface area contributed by atoms with Gasteiger partial charge in [0.1, 0.15) is 18.1 Å². The lowest BCUT2D eigenvalue weighted by atomic mass is 10.1. The van der Waals surface area contributed by atoms with Crippen LogP contribution in [-0.4, -0.2) is 63.5 Å². The lowest BCUT2D eigenvalue weighted by Crippen LogP contribution is -2.46. The summed E-state index contributed by atoms with van der Waals surface area (Å²) in [7, 11) is 1.57. The molecule has 2 heterocycles. The minimum Gasteiger partial charge on any atom is -0.383 e. The molecule has 0 unspecified atom stereocenters. The first-order chi connectivity index (χ1) is 15.2. The Morgan fingerprint density at radius 2 is 2.06 bits per heavy atom. The predicted molar refractivity (Wildman–Crippen MR) is 116 cm³/mol. The van der Waals surface area contributed by atoms with Crippen LogP contribution in [0.2, 0.25) is 0 Å². The lowest BCUT2D eigenvalue weighted by molar-refractivity contribution is -0.141. The highest BCUT2D eigenvalue weighted by molar-refractivity contribution is 5.89. The van der Waals surface area contributed by atoms with Gasteiger partial charge < -0.3 is 15.0 Å². The van der Waals surface area contributed by atoms with Crippen LogP contribution < -0.4 is 5.32 Å². The number of benzene rings is 1. The van der Waals surface area contributed by atoms with Crippen LogP contribution in [0.1, 0.15) is 31.4 Å². The highest BCUT2D eigenvalue weighted by atomic mass is 16.5. The van der Waals surface area contributed by atoms with Gasteiger partial charge in [-0.05, 0) is 24.6 Å². The fraction of sp³-hybridized carbons (Fsp3) is 0.409. The number of methoxy groups -OCH3 is 1. The summed E-state index contributed by atoms with van der Waals surface area (Å²) in [6.07, 6.45) is 4.92. The van der Waals surface area contributed by atoms with Gasteiger partial charge in [0, 0.05) is 38.2 Å². The number of nitrogens with one attached hydrogen (secondary N) is 1. The van der Waals surface area contributed by atoms with Gasteiger partial charge >= 0.3 is 0 Å². The Balaban J connectivity index is 1.89. The minimum atomic E-state index is -0.792. The molecule has 164 valence electrons. The third kappa shape index (κ3) is 5.64. The maximum Gasteiger partial charge on any atom is 0.247 e. The standard InChI is InChI=1S/C22H28N6O3/c1-3-4-13-27(20(29)16-28-19-10-6-5-9-18(19)25-26-28)21(17-8-7-11-23-15-17)22(30)24-12-14-31-2/h5-11,15,21H,3-4,12-14,16H2,1-2H3,(H,24,30)/t21-/m0/s1. The molecule has 2 amide bonds. The quantitative estimate of drug-likeness (QED) is 0.472. The first-order valence-corrected chi connectivity index (χ1v) is 10.4. The molecule has 0 saturated heterocycles. The molecule has 9 heteroatoms. The Morgan fingerprint density at radius 1 is 1.23 bits per heavy atom. The molecular formula is C22H28N6O3. The zero-order chi connectivity index (χ0) is 22.1. The number of aromatic nitrogens is 4. The van der Waals surface area contributed by atoms with Crippen LogP contribution in [0.4, 0.5) is 0 Å². The normalized spacial score (nSPS) is 11.9. The number of carbonyl (C=O) groups is 2. The third-order valence-electron chi connectivity index (χ3n) is 4.94. The van der Waals surface area contributed by atoms with Crippen LogP contribution >= 0.6 is 0 Å². The van der Waals surface area contributed by atoms with E-state index < -0.39 is 6.04 Å². The van der Waals surface area contributed by atoms with Crippen molar-refractivity contribution in [2.45, 2.75) is 32.4 Å². The zero-order valence-electron chi connectivity index (χ0n) is 17.9. The van der Waals surface area contributed by atoms with Crippen LogP contribution in [-0.2, 0) is 20.9 Å². The van der Waals surface area contributed by atoms with E-state index in [1.165, 1.54) is 0 Å². The van der Waals surface area contributed by atoms with Crippen LogP contribution in [0.25, 0.3) is 11.0 Å². The number of ether oxygens (including phenoxy) is 1. The number of para-hydroxylation sites is 1. The lowest BCUT2D eigenvalue weighted by Gasteiger charge is -2.31. The van der Waals surface area contributed by atoms with Crippen LogP contribution in [0.15, 0.2) is 48.8 Å². The molecule has 0 radical (unpaired) electrons. The van der Waals surface area contributed by atoms with Crippen molar-refractivity contribution in [3.05, 3.63) is 54.4 Å². The van der Waals surface area contributed by atoms with Gasteiger partial charge in [-0.15, -0.1) is 5.10 Å². The summed E-state index contributed by atoms with van der Waals surface area (Å²) >= 11 is 0. The molecule has 9 nitrogen and oxygen atoms in total. The summed E-state index contributed by atoms with van der Waals surface area (Å²) in [6.45, 7) is 3.23. The molecule has 0 aliphatic rings. The monoisotopic (exact) mass is 424 g/mol. The van der Waals surface area contributed by atoms with Crippen molar-refractivity contribution in [1.82, 2.24) is 30.2 Å². The summed E-state index contributed by atoms with van der Waals surface area (Å²) in [5.74, 6) is -0.474. The molecule has 1 N–H and O–H groups in total. The van der Waals surface area contributed by atoms with E-state index in [2.05, 4.69) is 20.6 Å². The molecule has 0 spiro atoms. The SMILES string of the molecule is CCCCN(C(=O)Cn1nnc2ccccc21)[C@H](C(=O)NCCOC)c1cccnc1. The molecule has 3 aromatic rings. The Kier molecular flexibility index (Phi) is 8.05. The second-order valence-electron chi connectivity index (χ2n) is 7.15.